The van der Waals surface area contributed by atoms with Gasteiger partial charge in [-0.1, -0.05) is 36.4 Å². The Hall–Kier alpha value is -3.45. The van der Waals surface area contributed by atoms with Crippen LogP contribution in [0.25, 0.3) is 0 Å². The lowest BCUT2D eigenvalue weighted by Gasteiger charge is -2.28. The molecular formula is C23H18F2O5. The van der Waals surface area contributed by atoms with Crippen molar-refractivity contribution in [3.05, 3.63) is 95.1 Å². The molecule has 4 rings (SSSR count). The highest BCUT2D eigenvalue weighted by atomic mass is 19.1. The molecule has 7 heteroatoms. The lowest BCUT2D eigenvalue weighted by molar-refractivity contribution is -0.147. The van der Waals surface area contributed by atoms with Gasteiger partial charge in [0.25, 0.3) is 0 Å². The molecule has 0 aromatic heterocycles. The minimum absolute atomic E-state index is 0.163. The van der Waals surface area contributed by atoms with Crippen LogP contribution in [0.4, 0.5) is 8.78 Å². The zero-order chi connectivity index (χ0) is 20.9. The maximum Gasteiger partial charge on any atom is 0.344 e. The summed E-state index contributed by atoms with van der Waals surface area (Å²) in [5, 5.41) is 0. The molecule has 3 aromatic rings. The van der Waals surface area contributed by atoms with E-state index in [1.807, 2.05) is 30.3 Å². The van der Waals surface area contributed by atoms with Gasteiger partial charge in [0, 0.05) is 22.8 Å². The van der Waals surface area contributed by atoms with Gasteiger partial charge in [-0.3, -0.25) is 0 Å². The van der Waals surface area contributed by atoms with E-state index in [4.69, 9.17) is 18.9 Å². The van der Waals surface area contributed by atoms with Crippen LogP contribution in [0.1, 0.15) is 23.0 Å². The number of hydrogen-bond acceptors (Lipinski definition) is 5. The van der Waals surface area contributed by atoms with Crippen molar-refractivity contribution in [2.75, 3.05) is 6.61 Å². The first-order valence-corrected chi connectivity index (χ1v) is 9.27. The zero-order valence-corrected chi connectivity index (χ0v) is 15.8. The average Bonchev–Trinajstić information content (AvgIpc) is 2.76. The van der Waals surface area contributed by atoms with Gasteiger partial charge in [0.05, 0.1) is 6.61 Å². The van der Waals surface area contributed by atoms with E-state index in [9.17, 15) is 13.6 Å². The van der Waals surface area contributed by atoms with Crippen molar-refractivity contribution < 1.29 is 32.5 Å². The quantitative estimate of drug-likeness (QED) is 0.550. The molecule has 30 heavy (non-hydrogen) atoms. The molecule has 0 unspecified atom stereocenters. The first-order chi connectivity index (χ1) is 14.6. The number of fused-ring (bicyclic) bond motifs is 1. The van der Waals surface area contributed by atoms with Crippen LogP contribution in [0.5, 0.6) is 11.5 Å². The van der Waals surface area contributed by atoms with Gasteiger partial charge in [-0.2, -0.15) is 0 Å². The van der Waals surface area contributed by atoms with E-state index in [-0.39, 0.29) is 19.0 Å². The van der Waals surface area contributed by atoms with Gasteiger partial charge in [0.2, 0.25) is 6.29 Å². The van der Waals surface area contributed by atoms with E-state index in [0.717, 1.165) is 11.6 Å². The zero-order valence-electron chi connectivity index (χ0n) is 15.8. The molecule has 1 heterocycles. The smallest absolute Gasteiger partial charge is 0.344 e. The number of ether oxygens (including phenoxy) is 4. The van der Waals surface area contributed by atoms with Gasteiger partial charge in [0.15, 0.2) is 6.61 Å². The molecule has 3 aromatic carbocycles. The highest BCUT2D eigenvalue weighted by molar-refractivity contribution is 5.71. The molecule has 1 aliphatic rings. The van der Waals surface area contributed by atoms with E-state index in [1.165, 1.54) is 30.3 Å². The minimum Gasteiger partial charge on any atom is -0.482 e. The highest BCUT2D eigenvalue weighted by Crippen LogP contribution is 2.36. The van der Waals surface area contributed by atoms with Crippen LogP contribution >= 0.6 is 0 Å². The third kappa shape index (κ3) is 4.75. The molecule has 0 bridgehead atoms. The SMILES string of the molecule is O=C(COc1cccc(F)c1)OCc1cc(F)cc2c1O[C@H](c1ccccc1)OC2. The third-order valence-corrected chi connectivity index (χ3v) is 4.44. The molecule has 0 fully saturated rings. The van der Waals surface area contributed by atoms with Crippen molar-refractivity contribution in [3.63, 3.8) is 0 Å². The molecule has 0 saturated carbocycles. The maximum absolute atomic E-state index is 14.0. The molecule has 1 aliphatic heterocycles. The Kier molecular flexibility index (Phi) is 5.90. The summed E-state index contributed by atoms with van der Waals surface area (Å²) in [5.41, 5.74) is 1.73. The predicted octanol–water partition coefficient (Wildman–Crippen LogP) is 4.69. The van der Waals surface area contributed by atoms with Crippen molar-refractivity contribution >= 4 is 5.97 Å². The normalized spacial score (nSPS) is 15.1. The summed E-state index contributed by atoms with van der Waals surface area (Å²) in [6, 6.07) is 17.3. The fraction of sp³-hybridized carbons (Fsp3) is 0.174. The van der Waals surface area contributed by atoms with E-state index >= 15 is 0 Å². The summed E-state index contributed by atoms with van der Waals surface area (Å²) < 4.78 is 49.2. The maximum atomic E-state index is 14.0. The van der Waals surface area contributed by atoms with Gasteiger partial charge in [-0.25, -0.2) is 13.6 Å². The monoisotopic (exact) mass is 412 g/mol. The molecule has 5 nitrogen and oxygen atoms in total. The van der Waals surface area contributed by atoms with Crippen LogP contribution < -0.4 is 9.47 Å². The van der Waals surface area contributed by atoms with E-state index < -0.39 is 30.5 Å². The number of carbonyl (C=O) groups excluding carboxylic acids is 1. The Labute approximate surface area is 171 Å². The lowest BCUT2D eigenvalue weighted by atomic mass is 10.1. The summed E-state index contributed by atoms with van der Waals surface area (Å²) in [6.07, 6.45) is -0.644. The molecule has 1 atom stereocenters. The second-order valence-electron chi connectivity index (χ2n) is 6.63. The lowest BCUT2D eigenvalue weighted by Crippen LogP contribution is -2.20. The molecular weight excluding hydrogens is 394 g/mol. The van der Waals surface area contributed by atoms with E-state index in [0.29, 0.717) is 16.9 Å². The summed E-state index contributed by atoms with van der Waals surface area (Å²) >= 11 is 0. The highest BCUT2D eigenvalue weighted by Gasteiger charge is 2.25. The van der Waals surface area contributed by atoms with Crippen molar-refractivity contribution in [2.24, 2.45) is 0 Å². The molecule has 0 spiro atoms. The standard InChI is InChI=1S/C23H18F2O5/c24-18-7-4-8-20(11-18)27-14-21(26)28-12-16-9-19(25)10-17-13-29-23(30-22(16)17)15-5-2-1-3-6-15/h1-11,23H,12-14H2/t23-/m1/s1. The minimum atomic E-state index is -0.677. The van der Waals surface area contributed by atoms with Crippen LogP contribution in [0.3, 0.4) is 0 Å². The molecule has 0 amide bonds. The molecule has 0 aliphatic carbocycles. The topological polar surface area (TPSA) is 54.0 Å². The summed E-state index contributed by atoms with van der Waals surface area (Å²) in [4.78, 5) is 12.0. The fourth-order valence-corrected chi connectivity index (χ4v) is 3.06. The Balaban J connectivity index is 1.42. The fourth-order valence-electron chi connectivity index (χ4n) is 3.06. The van der Waals surface area contributed by atoms with Crippen molar-refractivity contribution in [3.8, 4) is 11.5 Å². The number of hydrogen-bond donors (Lipinski definition) is 0. The van der Waals surface area contributed by atoms with E-state index in [1.54, 1.807) is 0 Å². The third-order valence-electron chi connectivity index (χ3n) is 4.44. The average molecular weight is 412 g/mol. The van der Waals surface area contributed by atoms with Crippen LogP contribution in [-0.4, -0.2) is 12.6 Å². The number of esters is 1. The summed E-state index contributed by atoms with van der Waals surface area (Å²) in [7, 11) is 0. The predicted molar refractivity (Wildman–Crippen MR) is 103 cm³/mol. The van der Waals surface area contributed by atoms with Gasteiger partial charge in [0.1, 0.15) is 29.7 Å². The van der Waals surface area contributed by atoms with E-state index in [2.05, 4.69) is 0 Å². The van der Waals surface area contributed by atoms with Gasteiger partial charge in [-0.15, -0.1) is 0 Å². The summed E-state index contributed by atoms with van der Waals surface area (Å²) in [5.74, 6) is -0.999. The summed E-state index contributed by atoms with van der Waals surface area (Å²) in [6.45, 7) is -0.444. The van der Waals surface area contributed by atoms with Gasteiger partial charge in [-0.05, 0) is 24.3 Å². The first kappa shape index (κ1) is 19.8. The Morgan fingerprint density at radius 2 is 1.83 bits per heavy atom. The Morgan fingerprint density at radius 3 is 2.63 bits per heavy atom. The number of benzene rings is 3. The number of halogens is 2. The molecule has 154 valence electrons. The van der Waals surface area contributed by atoms with Gasteiger partial charge >= 0.3 is 5.97 Å². The van der Waals surface area contributed by atoms with Crippen LogP contribution in [0.2, 0.25) is 0 Å². The van der Waals surface area contributed by atoms with Crippen molar-refractivity contribution in [2.45, 2.75) is 19.5 Å². The Morgan fingerprint density at radius 1 is 1.00 bits per heavy atom. The Bertz CT molecular complexity index is 1040. The molecule has 0 saturated heterocycles. The first-order valence-electron chi connectivity index (χ1n) is 9.27. The molecule has 0 radical (unpaired) electrons. The van der Waals surface area contributed by atoms with Crippen LogP contribution in [0, 0.1) is 11.6 Å². The van der Waals surface area contributed by atoms with Crippen molar-refractivity contribution in [1.29, 1.82) is 0 Å². The molecule has 0 N–H and O–H groups in total. The number of rotatable bonds is 6. The van der Waals surface area contributed by atoms with Crippen LogP contribution in [-0.2, 0) is 27.5 Å². The largest absolute Gasteiger partial charge is 0.482 e. The second kappa shape index (κ2) is 8.92. The number of carbonyl (C=O) groups is 1. The van der Waals surface area contributed by atoms with Crippen LogP contribution in [0.15, 0.2) is 66.7 Å². The second-order valence-corrected chi connectivity index (χ2v) is 6.63. The van der Waals surface area contributed by atoms with Crippen molar-refractivity contribution in [1.82, 2.24) is 0 Å². The van der Waals surface area contributed by atoms with Gasteiger partial charge < -0.3 is 18.9 Å².